The zero-order chi connectivity index (χ0) is 27.0. The average Bonchev–Trinajstić information content (AvgIpc) is 3.45. The third-order valence-electron chi connectivity index (χ3n) is 6.42. The number of para-hydroxylation sites is 1. The first kappa shape index (κ1) is 25.6. The molecule has 1 atom stereocenters. The molecule has 1 unspecified atom stereocenters. The number of carbonyl (C=O) groups excluding carboxylic acids is 4. The third kappa shape index (κ3) is 4.91. The van der Waals surface area contributed by atoms with Crippen LogP contribution in [0, 0.1) is 0 Å². The summed E-state index contributed by atoms with van der Waals surface area (Å²) in [6, 6.07) is 7.72. The smallest absolute Gasteiger partial charge is 0.321 e. The van der Waals surface area contributed by atoms with Crippen LogP contribution >= 0.6 is 11.3 Å². The Balaban J connectivity index is 1.27. The molecule has 3 aromatic rings. The quantitative estimate of drug-likeness (QED) is 0.393. The first-order valence-corrected chi connectivity index (χ1v) is 13.2. The highest BCUT2D eigenvalue weighted by Crippen LogP contribution is 2.34. The van der Waals surface area contributed by atoms with E-state index in [9.17, 15) is 19.2 Å². The Morgan fingerprint density at radius 1 is 1.21 bits per heavy atom. The number of ether oxygens (including phenoxy) is 1. The summed E-state index contributed by atoms with van der Waals surface area (Å²) in [5.41, 5.74) is 0.811. The minimum Gasteiger partial charge on any atom is -0.491 e. The number of aromatic nitrogens is 2. The molecule has 0 spiro atoms. The number of piperidine rings is 1. The van der Waals surface area contributed by atoms with Gasteiger partial charge in [0.15, 0.2) is 0 Å². The van der Waals surface area contributed by atoms with Crippen molar-refractivity contribution in [3.8, 4) is 5.75 Å². The lowest BCUT2D eigenvalue weighted by molar-refractivity contribution is -0.136. The number of rotatable bonds is 7. The molecule has 0 radical (unpaired) electrons. The van der Waals surface area contributed by atoms with Gasteiger partial charge < -0.3 is 15.0 Å². The summed E-state index contributed by atoms with van der Waals surface area (Å²) in [6.07, 6.45) is 1.33. The first-order chi connectivity index (χ1) is 18.2. The van der Waals surface area contributed by atoms with E-state index in [1.165, 1.54) is 16.2 Å². The summed E-state index contributed by atoms with van der Waals surface area (Å²) >= 11 is 1.48. The fourth-order valence-electron chi connectivity index (χ4n) is 4.51. The molecular weight excluding hydrogens is 508 g/mol. The molecule has 2 aliphatic heterocycles. The van der Waals surface area contributed by atoms with E-state index in [1.807, 2.05) is 39.0 Å². The molecule has 4 heterocycles. The van der Waals surface area contributed by atoms with Crippen LogP contribution in [0.5, 0.6) is 5.75 Å². The van der Waals surface area contributed by atoms with Crippen molar-refractivity contribution in [2.24, 2.45) is 0 Å². The summed E-state index contributed by atoms with van der Waals surface area (Å²) in [5, 5.41) is 8.68. The van der Waals surface area contributed by atoms with E-state index < -0.39 is 23.5 Å². The van der Waals surface area contributed by atoms with Crippen molar-refractivity contribution >= 4 is 51.1 Å². The highest BCUT2D eigenvalue weighted by Gasteiger charge is 2.40. The highest BCUT2D eigenvalue weighted by molar-refractivity contribution is 7.18. The SMILES string of the molecule is CCCOc1cccc2sc(C(C)(C)NC(=O)Nc3ccc4c(n3)CN(C3CCC(=O)NC3=O)C4=O)nc12. The predicted molar refractivity (Wildman–Crippen MR) is 141 cm³/mol. The Morgan fingerprint density at radius 2 is 2.03 bits per heavy atom. The number of nitrogens with zero attached hydrogens (tertiary/aromatic N) is 3. The maximum absolute atomic E-state index is 12.9. The first-order valence-electron chi connectivity index (χ1n) is 12.4. The van der Waals surface area contributed by atoms with E-state index in [0.717, 1.165) is 27.4 Å². The van der Waals surface area contributed by atoms with Gasteiger partial charge in [-0.15, -0.1) is 11.3 Å². The van der Waals surface area contributed by atoms with Gasteiger partial charge in [-0.3, -0.25) is 25.0 Å². The zero-order valence-corrected chi connectivity index (χ0v) is 22.1. The number of benzene rings is 1. The molecule has 12 heteroatoms. The van der Waals surface area contributed by atoms with E-state index in [-0.39, 0.29) is 37.0 Å². The normalized spacial score (nSPS) is 17.4. The Morgan fingerprint density at radius 3 is 2.79 bits per heavy atom. The number of amides is 5. The summed E-state index contributed by atoms with van der Waals surface area (Å²) in [6.45, 7) is 6.49. The molecule has 3 N–H and O–H groups in total. The Bertz CT molecular complexity index is 1450. The summed E-state index contributed by atoms with van der Waals surface area (Å²) in [7, 11) is 0. The topological polar surface area (TPSA) is 143 Å². The maximum Gasteiger partial charge on any atom is 0.321 e. The number of hydrogen-bond donors (Lipinski definition) is 3. The Labute approximate surface area is 223 Å². The second-order valence-corrected chi connectivity index (χ2v) is 10.8. The summed E-state index contributed by atoms with van der Waals surface area (Å²) < 4.78 is 6.79. The van der Waals surface area contributed by atoms with Crippen molar-refractivity contribution in [2.75, 3.05) is 11.9 Å². The fourth-order valence-corrected chi connectivity index (χ4v) is 5.55. The monoisotopic (exact) mass is 536 g/mol. The number of imide groups is 1. The average molecular weight is 537 g/mol. The molecule has 1 fully saturated rings. The molecule has 0 saturated carbocycles. The van der Waals surface area contributed by atoms with Crippen LogP contribution in [0.15, 0.2) is 30.3 Å². The van der Waals surface area contributed by atoms with Crippen LogP contribution in [0.25, 0.3) is 10.2 Å². The van der Waals surface area contributed by atoms with Crippen LogP contribution in [-0.4, -0.2) is 51.3 Å². The third-order valence-corrected chi connectivity index (χ3v) is 7.76. The van der Waals surface area contributed by atoms with Crippen LogP contribution in [0.3, 0.4) is 0 Å². The van der Waals surface area contributed by atoms with Gasteiger partial charge in [0.1, 0.15) is 28.1 Å². The van der Waals surface area contributed by atoms with Crippen LogP contribution in [0.1, 0.15) is 61.1 Å². The van der Waals surface area contributed by atoms with Gasteiger partial charge in [-0.2, -0.15) is 0 Å². The van der Waals surface area contributed by atoms with Crippen LogP contribution in [0.4, 0.5) is 10.6 Å². The van der Waals surface area contributed by atoms with Crippen molar-refractivity contribution in [3.63, 3.8) is 0 Å². The molecule has 5 rings (SSSR count). The highest BCUT2D eigenvalue weighted by atomic mass is 32.1. The van der Waals surface area contributed by atoms with Crippen LogP contribution in [-0.2, 0) is 21.7 Å². The van der Waals surface area contributed by atoms with Crippen molar-refractivity contribution in [3.05, 3.63) is 46.6 Å². The molecule has 2 aromatic heterocycles. The van der Waals surface area contributed by atoms with Crippen molar-refractivity contribution in [1.82, 2.24) is 25.5 Å². The number of fused-ring (bicyclic) bond motifs is 2. The second kappa shape index (κ2) is 10.0. The number of hydrogen-bond acceptors (Lipinski definition) is 8. The molecule has 5 amide bonds. The largest absolute Gasteiger partial charge is 0.491 e. The minimum atomic E-state index is -0.787. The van der Waals surface area contributed by atoms with Gasteiger partial charge in [-0.1, -0.05) is 13.0 Å². The molecule has 2 aliphatic rings. The molecule has 38 heavy (non-hydrogen) atoms. The molecular formula is C26H28N6O5S. The summed E-state index contributed by atoms with van der Waals surface area (Å²) in [5.74, 6) is -0.159. The number of anilines is 1. The number of nitrogens with one attached hydrogen (secondary N) is 3. The van der Waals surface area contributed by atoms with E-state index in [2.05, 4.69) is 20.9 Å². The lowest BCUT2D eigenvalue weighted by Gasteiger charge is -2.29. The molecule has 1 aromatic carbocycles. The fraction of sp³-hybridized carbons (Fsp3) is 0.385. The number of urea groups is 1. The Kier molecular flexibility index (Phi) is 6.74. The van der Waals surface area contributed by atoms with Crippen molar-refractivity contribution in [2.45, 2.75) is 58.2 Å². The van der Waals surface area contributed by atoms with Crippen LogP contribution < -0.4 is 20.7 Å². The number of thiazole rings is 1. The van der Waals surface area contributed by atoms with Crippen molar-refractivity contribution < 1.29 is 23.9 Å². The molecule has 0 aliphatic carbocycles. The molecule has 1 saturated heterocycles. The van der Waals surface area contributed by atoms with Gasteiger partial charge in [-0.05, 0) is 51.0 Å². The molecule has 0 bridgehead atoms. The zero-order valence-electron chi connectivity index (χ0n) is 21.3. The van der Waals surface area contributed by atoms with Gasteiger partial charge in [-0.25, -0.2) is 14.8 Å². The Hall–Kier alpha value is -4.06. The lowest BCUT2D eigenvalue weighted by Crippen LogP contribution is -2.52. The summed E-state index contributed by atoms with van der Waals surface area (Å²) in [4.78, 5) is 60.1. The van der Waals surface area contributed by atoms with Gasteiger partial charge in [0, 0.05) is 6.42 Å². The van der Waals surface area contributed by atoms with Gasteiger partial charge in [0.05, 0.1) is 34.6 Å². The van der Waals surface area contributed by atoms with Gasteiger partial charge in [0.25, 0.3) is 5.91 Å². The standard InChI is InChI=1S/C26H28N6O5S/c1-4-12-37-17-6-5-7-18-21(17)30-24(38-18)26(2,3)31-25(36)28-19-10-8-14-15(27-19)13-32(23(14)35)16-9-11-20(33)29-22(16)34/h5-8,10,16H,4,9,11-13H2,1-3H3,(H,29,33,34)(H2,27,28,31,36). The number of carbonyl (C=O) groups is 4. The second-order valence-electron chi connectivity index (χ2n) is 9.77. The van der Waals surface area contributed by atoms with E-state index in [4.69, 9.17) is 9.72 Å². The number of pyridine rings is 1. The van der Waals surface area contributed by atoms with E-state index in [0.29, 0.717) is 17.9 Å². The van der Waals surface area contributed by atoms with Gasteiger partial charge in [0.2, 0.25) is 11.8 Å². The molecule has 198 valence electrons. The van der Waals surface area contributed by atoms with Crippen molar-refractivity contribution in [1.29, 1.82) is 0 Å². The van der Waals surface area contributed by atoms with Crippen LogP contribution in [0.2, 0.25) is 0 Å². The predicted octanol–water partition coefficient (Wildman–Crippen LogP) is 3.30. The lowest BCUT2D eigenvalue weighted by atomic mass is 10.0. The minimum absolute atomic E-state index is 0.122. The van der Waals surface area contributed by atoms with Gasteiger partial charge >= 0.3 is 6.03 Å². The maximum atomic E-state index is 12.9. The molecule has 11 nitrogen and oxygen atoms in total. The van der Waals surface area contributed by atoms with E-state index >= 15 is 0 Å². The van der Waals surface area contributed by atoms with E-state index in [1.54, 1.807) is 12.1 Å².